The monoisotopic (exact) mass is 325 g/mol. The molecule has 5 nitrogen and oxygen atoms in total. The number of hydrogen-bond acceptors (Lipinski definition) is 3. The highest BCUT2D eigenvalue weighted by Gasteiger charge is 2.05. The molecule has 22 heavy (non-hydrogen) atoms. The zero-order chi connectivity index (χ0) is 16.4. The maximum atomic E-state index is 11.1. The quantitative estimate of drug-likeness (QED) is 0.434. The molecule has 0 aliphatic carbocycles. The Morgan fingerprint density at radius 3 is 2.50 bits per heavy atom. The third-order valence-corrected chi connectivity index (χ3v) is 4.25. The summed E-state index contributed by atoms with van der Waals surface area (Å²) in [6, 6.07) is 10.3. The average Bonchev–Trinajstić information content (AvgIpc) is 2.48. The summed E-state index contributed by atoms with van der Waals surface area (Å²) in [7, 11) is -2.90. The number of sulfone groups is 1. The van der Waals surface area contributed by atoms with Crippen LogP contribution in [-0.2, 0) is 9.84 Å². The molecule has 0 spiro atoms. The molecule has 0 heterocycles. The minimum atomic E-state index is -2.90. The van der Waals surface area contributed by atoms with Gasteiger partial charge in [-0.25, -0.2) is 8.42 Å². The number of nitrogens with zero attached hydrogens (tertiary/aromatic N) is 1. The third kappa shape index (κ3) is 8.02. The molecule has 1 unspecified atom stereocenters. The second-order valence-corrected chi connectivity index (χ2v) is 7.70. The number of aliphatic imine (C=N–C) groups is 1. The predicted molar refractivity (Wildman–Crippen MR) is 93.2 cm³/mol. The van der Waals surface area contributed by atoms with Gasteiger partial charge in [0.05, 0.1) is 5.75 Å². The van der Waals surface area contributed by atoms with Gasteiger partial charge in [0.2, 0.25) is 0 Å². The van der Waals surface area contributed by atoms with Gasteiger partial charge in [0, 0.05) is 31.8 Å². The summed E-state index contributed by atoms with van der Waals surface area (Å²) in [4.78, 5) is 4.57. The van der Waals surface area contributed by atoms with Crippen molar-refractivity contribution in [2.45, 2.75) is 26.2 Å². The van der Waals surface area contributed by atoms with Crippen LogP contribution in [0.5, 0.6) is 0 Å². The Balaban J connectivity index is 2.47. The van der Waals surface area contributed by atoms with E-state index in [0.29, 0.717) is 25.4 Å². The Hall–Kier alpha value is -1.56. The van der Waals surface area contributed by atoms with Crippen LogP contribution in [0.15, 0.2) is 35.3 Å². The Kier molecular flexibility index (Phi) is 7.95. The maximum Gasteiger partial charge on any atom is 0.191 e. The van der Waals surface area contributed by atoms with E-state index >= 15 is 0 Å². The molecule has 0 radical (unpaired) electrons. The molecule has 6 heteroatoms. The Morgan fingerprint density at radius 2 is 1.91 bits per heavy atom. The Morgan fingerprint density at radius 1 is 1.23 bits per heavy atom. The van der Waals surface area contributed by atoms with E-state index in [0.717, 1.165) is 12.5 Å². The van der Waals surface area contributed by atoms with E-state index in [2.05, 4.69) is 34.7 Å². The van der Waals surface area contributed by atoms with Gasteiger partial charge >= 0.3 is 0 Å². The molecule has 0 saturated heterocycles. The highest BCUT2D eigenvalue weighted by Crippen LogP contribution is 2.14. The maximum absolute atomic E-state index is 11.1. The summed E-state index contributed by atoms with van der Waals surface area (Å²) >= 11 is 0. The zero-order valence-corrected chi connectivity index (χ0v) is 14.5. The molecule has 124 valence electrons. The van der Waals surface area contributed by atoms with Gasteiger partial charge in [-0.15, -0.1) is 0 Å². The van der Waals surface area contributed by atoms with E-state index in [-0.39, 0.29) is 5.75 Å². The van der Waals surface area contributed by atoms with Crippen molar-refractivity contribution in [2.75, 3.05) is 31.6 Å². The first-order valence-electron chi connectivity index (χ1n) is 7.67. The Bertz CT molecular complexity index is 556. The molecule has 1 aromatic carbocycles. The van der Waals surface area contributed by atoms with Crippen molar-refractivity contribution in [3.8, 4) is 0 Å². The van der Waals surface area contributed by atoms with Crippen molar-refractivity contribution < 1.29 is 8.42 Å². The molecule has 1 rings (SSSR count). The lowest BCUT2D eigenvalue weighted by Crippen LogP contribution is -2.38. The van der Waals surface area contributed by atoms with Gasteiger partial charge in [0.25, 0.3) is 0 Å². The number of hydrogen-bond donors (Lipinski definition) is 2. The van der Waals surface area contributed by atoms with E-state index in [1.165, 1.54) is 11.8 Å². The lowest BCUT2D eigenvalue weighted by atomic mass is 10.0. The minimum absolute atomic E-state index is 0.194. The summed E-state index contributed by atoms with van der Waals surface area (Å²) < 4.78 is 22.2. The molecule has 1 atom stereocenters. The van der Waals surface area contributed by atoms with Crippen LogP contribution in [0.25, 0.3) is 0 Å². The summed E-state index contributed by atoms with van der Waals surface area (Å²) in [5.74, 6) is 1.27. The van der Waals surface area contributed by atoms with Gasteiger partial charge < -0.3 is 10.6 Å². The minimum Gasteiger partial charge on any atom is -0.357 e. The number of rotatable bonds is 8. The fourth-order valence-electron chi connectivity index (χ4n) is 2.00. The van der Waals surface area contributed by atoms with Crippen molar-refractivity contribution in [3.63, 3.8) is 0 Å². The second kappa shape index (κ2) is 9.46. The van der Waals surface area contributed by atoms with Crippen LogP contribution in [0.1, 0.15) is 31.7 Å². The van der Waals surface area contributed by atoms with E-state index in [4.69, 9.17) is 0 Å². The first-order valence-corrected chi connectivity index (χ1v) is 9.73. The fraction of sp³-hybridized carbons (Fsp3) is 0.562. The van der Waals surface area contributed by atoms with Gasteiger partial charge in [-0.2, -0.15) is 0 Å². The van der Waals surface area contributed by atoms with E-state index in [9.17, 15) is 8.42 Å². The highest BCUT2D eigenvalue weighted by atomic mass is 32.2. The third-order valence-electron chi connectivity index (χ3n) is 3.22. The molecule has 0 saturated carbocycles. The Labute approximate surface area is 134 Å². The van der Waals surface area contributed by atoms with E-state index in [1.807, 2.05) is 25.1 Å². The van der Waals surface area contributed by atoms with Crippen LogP contribution >= 0.6 is 0 Å². The molecule has 1 aromatic rings. The topological polar surface area (TPSA) is 70.6 Å². The summed E-state index contributed by atoms with van der Waals surface area (Å²) in [5, 5.41) is 6.35. The summed E-state index contributed by atoms with van der Waals surface area (Å²) in [6.45, 7) is 6.21. The van der Waals surface area contributed by atoms with Crippen molar-refractivity contribution >= 4 is 15.8 Å². The summed E-state index contributed by atoms with van der Waals surface area (Å²) in [5.41, 5.74) is 1.26. The van der Waals surface area contributed by atoms with Crippen molar-refractivity contribution in [2.24, 2.45) is 4.99 Å². The molecule has 0 aliphatic rings. The van der Waals surface area contributed by atoms with Gasteiger partial charge in [0.15, 0.2) is 5.96 Å². The van der Waals surface area contributed by atoms with Crippen LogP contribution in [-0.4, -0.2) is 46.0 Å². The molecule has 0 fully saturated rings. The lowest BCUT2D eigenvalue weighted by Gasteiger charge is -2.13. The molecular formula is C16H27N3O2S. The van der Waals surface area contributed by atoms with Crippen LogP contribution in [0.4, 0.5) is 0 Å². The van der Waals surface area contributed by atoms with Crippen molar-refractivity contribution in [3.05, 3.63) is 35.9 Å². The van der Waals surface area contributed by atoms with Gasteiger partial charge in [-0.1, -0.05) is 37.3 Å². The molecule has 2 N–H and O–H groups in total. The average molecular weight is 325 g/mol. The van der Waals surface area contributed by atoms with Crippen LogP contribution in [0, 0.1) is 0 Å². The molecule has 0 amide bonds. The van der Waals surface area contributed by atoms with E-state index < -0.39 is 9.84 Å². The van der Waals surface area contributed by atoms with Gasteiger partial charge in [-0.05, 0) is 18.9 Å². The SMILES string of the molecule is CCNC(=NCC(C)c1ccccc1)NCCCS(C)(=O)=O. The fourth-order valence-corrected chi connectivity index (χ4v) is 2.67. The number of benzene rings is 1. The number of nitrogens with one attached hydrogen (secondary N) is 2. The standard InChI is InChI=1S/C16H27N3O2S/c1-4-17-16(18-11-8-12-22(3,20)21)19-13-14(2)15-9-6-5-7-10-15/h5-7,9-10,14H,4,8,11-13H2,1-3H3,(H2,17,18,19). The number of guanidine groups is 1. The predicted octanol–water partition coefficient (Wildman–Crippen LogP) is 1.78. The molecule has 0 aliphatic heterocycles. The van der Waals surface area contributed by atoms with Crippen LogP contribution in [0.2, 0.25) is 0 Å². The van der Waals surface area contributed by atoms with Crippen molar-refractivity contribution in [1.82, 2.24) is 10.6 Å². The van der Waals surface area contributed by atoms with Crippen molar-refractivity contribution in [1.29, 1.82) is 0 Å². The van der Waals surface area contributed by atoms with Crippen LogP contribution < -0.4 is 10.6 Å². The molecular weight excluding hydrogens is 298 g/mol. The molecule has 0 bridgehead atoms. The van der Waals surface area contributed by atoms with Crippen LogP contribution in [0.3, 0.4) is 0 Å². The normalized spacial score (nSPS) is 13.7. The lowest BCUT2D eigenvalue weighted by molar-refractivity contribution is 0.598. The zero-order valence-electron chi connectivity index (χ0n) is 13.7. The molecule has 0 aromatic heterocycles. The van der Waals surface area contributed by atoms with E-state index in [1.54, 1.807) is 0 Å². The largest absolute Gasteiger partial charge is 0.357 e. The first kappa shape index (κ1) is 18.5. The first-order chi connectivity index (χ1) is 10.4. The van der Waals surface area contributed by atoms with Gasteiger partial charge in [-0.3, -0.25) is 4.99 Å². The highest BCUT2D eigenvalue weighted by molar-refractivity contribution is 7.90. The summed E-state index contributed by atoms with van der Waals surface area (Å²) in [6.07, 6.45) is 1.84. The second-order valence-electron chi connectivity index (χ2n) is 5.44. The smallest absolute Gasteiger partial charge is 0.191 e. The van der Waals surface area contributed by atoms with Gasteiger partial charge in [0.1, 0.15) is 9.84 Å².